The highest BCUT2D eigenvalue weighted by atomic mass is 32.1. The van der Waals surface area contributed by atoms with Crippen LogP contribution in [-0.2, 0) is 14.3 Å². The molecule has 39 heavy (non-hydrogen) atoms. The Bertz CT molecular complexity index is 1290. The van der Waals surface area contributed by atoms with Crippen LogP contribution in [0.1, 0.15) is 71.3 Å². The van der Waals surface area contributed by atoms with Gasteiger partial charge in [0, 0.05) is 11.2 Å². The van der Waals surface area contributed by atoms with Gasteiger partial charge in [0.1, 0.15) is 6.04 Å². The molecule has 3 rings (SSSR count). The number of benzene rings is 2. The van der Waals surface area contributed by atoms with E-state index in [-0.39, 0.29) is 25.0 Å². The van der Waals surface area contributed by atoms with Gasteiger partial charge in [0.25, 0.3) is 5.91 Å². The summed E-state index contributed by atoms with van der Waals surface area (Å²) in [6.07, 6.45) is 0.679. The molecule has 0 unspecified atom stereocenters. The Labute approximate surface area is 233 Å². The summed E-state index contributed by atoms with van der Waals surface area (Å²) in [5.74, 6) is -1.71. The van der Waals surface area contributed by atoms with Gasteiger partial charge in [-0.15, -0.1) is 11.3 Å². The molecule has 0 aliphatic carbocycles. The normalized spacial score (nSPS) is 11.8. The number of hydrogen-bond acceptors (Lipinski definition) is 6. The Morgan fingerprint density at radius 1 is 0.974 bits per heavy atom. The lowest BCUT2D eigenvalue weighted by Crippen LogP contribution is -2.52. The number of carbonyl (C=O) groups is 4. The predicted molar refractivity (Wildman–Crippen MR) is 153 cm³/mol. The van der Waals surface area contributed by atoms with Crippen LogP contribution < -0.4 is 15.5 Å². The minimum Gasteiger partial charge on any atom is -0.462 e. The zero-order valence-corrected chi connectivity index (χ0v) is 23.8. The molecule has 0 fully saturated rings. The van der Waals surface area contributed by atoms with Gasteiger partial charge in [0.15, 0.2) is 0 Å². The smallest absolute Gasteiger partial charge is 0.338 e. The summed E-state index contributed by atoms with van der Waals surface area (Å²) in [7, 11) is 0. The summed E-state index contributed by atoms with van der Waals surface area (Å²) in [4.78, 5) is 54.3. The maximum Gasteiger partial charge on any atom is 0.338 e. The Hall–Kier alpha value is -3.98. The molecule has 206 valence electrons. The first kappa shape index (κ1) is 29.6. The number of anilines is 1. The molecule has 1 aromatic heterocycles. The van der Waals surface area contributed by atoms with Gasteiger partial charge >= 0.3 is 5.97 Å². The molecular weight excluding hydrogens is 514 g/mol. The van der Waals surface area contributed by atoms with E-state index in [1.807, 2.05) is 52.0 Å². The van der Waals surface area contributed by atoms with Crippen molar-refractivity contribution in [2.75, 3.05) is 18.1 Å². The molecule has 8 nitrogen and oxygen atoms in total. The van der Waals surface area contributed by atoms with Crippen LogP contribution in [0.25, 0.3) is 0 Å². The number of rotatable bonds is 11. The standard InChI is InChI=1S/C30H35N3O5S/c1-6-30(4,5)32-28(36)26(21-12-10-20(3)11-13-21)33(23-16-14-22(15-17-23)29(37)38-7-2)25(34)19-31-27(35)24-9-8-18-39-24/h8-18,26H,6-7,19H2,1-5H3,(H,31,35)(H,32,36)/t26-/m1/s1. The number of aryl methyl sites for hydroxylation is 1. The van der Waals surface area contributed by atoms with Crippen LogP contribution in [0.3, 0.4) is 0 Å². The largest absolute Gasteiger partial charge is 0.462 e. The van der Waals surface area contributed by atoms with Gasteiger partial charge in [-0.3, -0.25) is 19.3 Å². The first-order valence-electron chi connectivity index (χ1n) is 12.9. The summed E-state index contributed by atoms with van der Waals surface area (Å²) in [5.41, 5.74) is 1.82. The second-order valence-corrected chi connectivity index (χ2v) is 10.7. The summed E-state index contributed by atoms with van der Waals surface area (Å²) < 4.78 is 5.08. The first-order chi connectivity index (χ1) is 18.6. The van der Waals surface area contributed by atoms with Gasteiger partial charge in [0.05, 0.1) is 23.6 Å². The highest BCUT2D eigenvalue weighted by Crippen LogP contribution is 2.30. The number of carbonyl (C=O) groups excluding carboxylic acids is 4. The van der Waals surface area contributed by atoms with Crippen LogP contribution in [0, 0.1) is 6.92 Å². The van der Waals surface area contributed by atoms with Crippen molar-refractivity contribution in [1.29, 1.82) is 0 Å². The van der Waals surface area contributed by atoms with E-state index in [9.17, 15) is 19.2 Å². The molecule has 1 heterocycles. The Kier molecular flexibility index (Phi) is 10.0. The zero-order chi connectivity index (χ0) is 28.6. The Balaban J connectivity index is 2.05. The molecule has 9 heteroatoms. The van der Waals surface area contributed by atoms with Crippen molar-refractivity contribution in [3.05, 3.63) is 87.6 Å². The predicted octanol–water partition coefficient (Wildman–Crippen LogP) is 5.04. The summed E-state index contributed by atoms with van der Waals surface area (Å²) >= 11 is 1.27. The van der Waals surface area contributed by atoms with E-state index in [1.165, 1.54) is 16.2 Å². The van der Waals surface area contributed by atoms with E-state index in [1.54, 1.807) is 48.7 Å². The Morgan fingerprint density at radius 3 is 2.21 bits per heavy atom. The van der Waals surface area contributed by atoms with Crippen LogP contribution in [0.15, 0.2) is 66.0 Å². The third-order valence-electron chi connectivity index (χ3n) is 6.32. The number of amides is 3. The first-order valence-corrected chi connectivity index (χ1v) is 13.7. The van der Waals surface area contributed by atoms with E-state index >= 15 is 0 Å². The molecule has 0 bridgehead atoms. The van der Waals surface area contributed by atoms with Gasteiger partial charge in [-0.05, 0) is 75.4 Å². The molecular formula is C30H35N3O5S. The van der Waals surface area contributed by atoms with Crippen LogP contribution in [0.2, 0.25) is 0 Å². The number of hydrogen-bond donors (Lipinski definition) is 2. The molecule has 0 radical (unpaired) electrons. The minimum absolute atomic E-state index is 0.234. The van der Waals surface area contributed by atoms with E-state index in [0.29, 0.717) is 28.1 Å². The third kappa shape index (κ3) is 7.77. The molecule has 0 saturated carbocycles. The van der Waals surface area contributed by atoms with Crippen molar-refractivity contribution in [1.82, 2.24) is 10.6 Å². The summed E-state index contributed by atoms with van der Waals surface area (Å²) in [6, 6.07) is 16.1. The fourth-order valence-electron chi connectivity index (χ4n) is 3.80. The SMILES string of the molecule is CCOC(=O)c1ccc(N(C(=O)CNC(=O)c2cccs2)[C@@H](C(=O)NC(C)(C)CC)c2ccc(C)cc2)cc1. The maximum absolute atomic E-state index is 13.8. The number of nitrogens with zero attached hydrogens (tertiary/aromatic N) is 1. The lowest BCUT2D eigenvalue weighted by molar-refractivity contribution is -0.127. The van der Waals surface area contributed by atoms with Crippen molar-refractivity contribution < 1.29 is 23.9 Å². The van der Waals surface area contributed by atoms with Crippen LogP contribution in [0.4, 0.5) is 5.69 Å². The number of nitrogens with one attached hydrogen (secondary N) is 2. The topological polar surface area (TPSA) is 105 Å². The maximum atomic E-state index is 13.8. The fraction of sp³-hybridized carbons (Fsp3) is 0.333. The van der Waals surface area contributed by atoms with Crippen molar-refractivity contribution >= 4 is 40.7 Å². The molecule has 0 aliphatic rings. The third-order valence-corrected chi connectivity index (χ3v) is 7.18. The molecule has 0 spiro atoms. The lowest BCUT2D eigenvalue weighted by Gasteiger charge is -2.34. The van der Waals surface area contributed by atoms with Gasteiger partial charge in [0.2, 0.25) is 11.8 Å². The average Bonchev–Trinajstić information content (AvgIpc) is 3.46. The zero-order valence-electron chi connectivity index (χ0n) is 22.9. The molecule has 3 amide bonds. The number of ether oxygens (including phenoxy) is 1. The van der Waals surface area contributed by atoms with Gasteiger partial charge in [-0.2, -0.15) is 0 Å². The molecule has 2 aromatic carbocycles. The highest BCUT2D eigenvalue weighted by Gasteiger charge is 2.35. The quantitative estimate of drug-likeness (QED) is 0.326. The summed E-state index contributed by atoms with van der Waals surface area (Å²) in [6.45, 7) is 9.37. The monoisotopic (exact) mass is 549 g/mol. The molecule has 3 aromatic rings. The van der Waals surface area contributed by atoms with Gasteiger partial charge in [-0.1, -0.05) is 42.8 Å². The second-order valence-electron chi connectivity index (χ2n) is 9.73. The van der Waals surface area contributed by atoms with E-state index < -0.39 is 23.5 Å². The van der Waals surface area contributed by atoms with Crippen LogP contribution >= 0.6 is 11.3 Å². The van der Waals surface area contributed by atoms with Crippen LogP contribution in [-0.4, -0.2) is 42.4 Å². The van der Waals surface area contributed by atoms with Crippen LogP contribution in [0.5, 0.6) is 0 Å². The van der Waals surface area contributed by atoms with Gasteiger partial charge < -0.3 is 15.4 Å². The molecule has 0 aliphatic heterocycles. The number of esters is 1. The lowest BCUT2D eigenvalue weighted by atomic mass is 9.97. The number of thiophene rings is 1. The highest BCUT2D eigenvalue weighted by molar-refractivity contribution is 7.12. The van der Waals surface area contributed by atoms with E-state index in [4.69, 9.17) is 4.74 Å². The average molecular weight is 550 g/mol. The molecule has 0 saturated heterocycles. The van der Waals surface area contributed by atoms with E-state index in [2.05, 4.69) is 10.6 Å². The summed E-state index contributed by atoms with van der Waals surface area (Å²) in [5, 5.41) is 7.51. The molecule has 2 N–H and O–H groups in total. The van der Waals surface area contributed by atoms with Crippen molar-refractivity contribution in [3.63, 3.8) is 0 Å². The minimum atomic E-state index is -1.03. The second kappa shape index (κ2) is 13.2. The van der Waals surface area contributed by atoms with E-state index in [0.717, 1.165) is 5.56 Å². The Morgan fingerprint density at radius 2 is 1.64 bits per heavy atom. The van der Waals surface area contributed by atoms with Gasteiger partial charge in [-0.25, -0.2) is 4.79 Å². The molecule has 1 atom stereocenters. The van der Waals surface area contributed by atoms with Crippen molar-refractivity contribution in [2.24, 2.45) is 0 Å². The van der Waals surface area contributed by atoms with Crippen molar-refractivity contribution in [2.45, 2.75) is 52.6 Å². The van der Waals surface area contributed by atoms with Crippen molar-refractivity contribution in [3.8, 4) is 0 Å². The fourth-order valence-corrected chi connectivity index (χ4v) is 4.44.